The average molecular weight is 613 g/mol. The summed E-state index contributed by atoms with van der Waals surface area (Å²) in [4.78, 5) is 16.8. The van der Waals surface area contributed by atoms with Crippen molar-refractivity contribution in [3.05, 3.63) is 72.5 Å². The number of halogens is 1. The number of aliphatic hydroxyl groups excluding tert-OH is 1. The maximum atomic E-state index is 14.6. The maximum absolute atomic E-state index is 14.6. The molecule has 2 aliphatic rings. The highest BCUT2D eigenvalue weighted by Crippen LogP contribution is 2.37. The SMILES string of the molecule is COc1ccccc1NC(=O)N1CCC2(CC1)COc1cc(-c3ccccc3F)ccc1S(=O)(=O)NCC(O)CN(C)C2. The molecule has 1 spiro atoms. The van der Waals surface area contributed by atoms with Crippen LogP contribution >= 0.6 is 0 Å². The first kappa shape index (κ1) is 30.7. The second kappa shape index (κ2) is 12.9. The van der Waals surface area contributed by atoms with Gasteiger partial charge in [0.25, 0.3) is 0 Å². The van der Waals surface area contributed by atoms with Gasteiger partial charge in [0.15, 0.2) is 0 Å². The molecule has 1 unspecified atom stereocenters. The van der Waals surface area contributed by atoms with Crippen molar-refractivity contribution in [1.82, 2.24) is 14.5 Å². The number of para-hydroxylation sites is 2. The summed E-state index contributed by atoms with van der Waals surface area (Å²) in [6.45, 7) is 1.69. The standard InChI is InChI=1S/C31H37FN4O6S/c1-35-19-23(37)18-33-43(39,40)29-12-11-22(24-7-3-4-8-25(24)32)17-28(29)42-21-31(20-35)13-15-36(16-14-31)30(38)34-26-9-5-6-10-27(26)41-2/h3-12,17,23,33,37H,13-16,18-21H2,1-2H3,(H,34,38). The van der Waals surface area contributed by atoms with Crippen molar-refractivity contribution in [3.63, 3.8) is 0 Å². The third-order valence-corrected chi connectivity index (χ3v) is 9.51. The predicted octanol–water partition coefficient (Wildman–Crippen LogP) is 3.78. The Bertz CT molecular complexity index is 1560. The number of benzene rings is 3. The first-order valence-electron chi connectivity index (χ1n) is 14.2. The zero-order valence-electron chi connectivity index (χ0n) is 24.3. The van der Waals surface area contributed by atoms with Crippen LogP contribution in [0, 0.1) is 11.2 Å². The van der Waals surface area contributed by atoms with E-state index in [1.165, 1.54) is 12.1 Å². The first-order valence-corrected chi connectivity index (χ1v) is 15.6. The Morgan fingerprint density at radius 1 is 1.12 bits per heavy atom. The van der Waals surface area contributed by atoms with Gasteiger partial charge < -0.3 is 29.7 Å². The topological polar surface area (TPSA) is 120 Å². The Morgan fingerprint density at radius 2 is 1.84 bits per heavy atom. The molecule has 0 saturated carbocycles. The molecule has 0 bridgehead atoms. The van der Waals surface area contributed by atoms with Crippen LogP contribution in [0.2, 0.25) is 0 Å². The molecule has 10 nitrogen and oxygen atoms in total. The number of rotatable bonds is 3. The third-order valence-electron chi connectivity index (χ3n) is 8.05. The Morgan fingerprint density at radius 3 is 2.58 bits per heavy atom. The molecule has 12 heteroatoms. The molecule has 0 aliphatic carbocycles. The van der Waals surface area contributed by atoms with Crippen molar-refractivity contribution in [2.75, 3.05) is 58.8 Å². The second-order valence-electron chi connectivity index (χ2n) is 11.2. The number of ether oxygens (including phenoxy) is 2. The number of likely N-dealkylation sites (N-methyl/N-ethyl adjacent to an activating group) is 1. The van der Waals surface area contributed by atoms with Crippen LogP contribution in [0.5, 0.6) is 11.5 Å². The van der Waals surface area contributed by atoms with Crippen LogP contribution in [0.1, 0.15) is 12.8 Å². The van der Waals surface area contributed by atoms with Gasteiger partial charge in [0, 0.05) is 43.7 Å². The number of methoxy groups -OCH3 is 1. The van der Waals surface area contributed by atoms with Crippen molar-refractivity contribution in [2.24, 2.45) is 5.41 Å². The number of carbonyl (C=O) groups is 1. The maximum Gasteiger partial charge on any atom is 0.321 e. The lowest BCUT2D eigenvalue weighted by Crippen LogP contribution is -2.52. The number of likely N-dealkylation sites (tertiary alicyclic amines) is 1. The van der Waals surface area contributed by atoms with Crippen LogP contribution in [0.15, 0.2) is 71.6 Å². The Labute approximate surface area is 251 Å². The van der Waals surface area contributed by atoms with E-state index in [1.807, 2.05) is 24.1 Å². The summed E-state index contributed by atoms with van der Waals surface area (Å²) in [5, 5.41) is 13.6. The van der Waals surface area contributed by atoms with Gasteiger partial charge in [-0.1, -0.05) is 36.4 Å². The molecule has 3 N–H and O–H groups in total. The van der Waals surface area contributed by atoms with E-state index < -0.39 is 27.4 Å². The molecule has 3 aromatic rings. The van der Waals surface area contributed by atoms with Crippen molar-refractivity contribution in [2.45, 2.75) is 23.8 Å². The van der Waals surface area contributed by atoms with Crippen molar-refractivity contribution >= 4 is 21.7 Å². The van der Waals surface area contributed by atoms with Crippen molar-refractivity contribution in [1.29, 1.82) is 0 Å². The highest BCUT2D eigenvalue weighted by Gasteiger charge is 2.39. The molecule has 2 aliphatic heterocycles. The first-order chi connectivity index (χ1) is 20.6. The fourth-order valence-corrected chi connectivity index (χ4v) is 6.95. The number of urea groups is 1. The van der Waals surface area contributed by atoms with Crippen LogP contribution in [0.3, 0.4) is 0 Å². The summed E-state index contributed by atoms with van der Waals surface area (Å²) >= 11 is 0. The molecule has 1 fully saturated rings. The molecule has 0 aromatic heterocycles. The number of amides is 2. The van der Waals surface area contributed by atoms with Gasteiger partial charge in [-0.15, -0.1) is 0 Å². The monoisotopic (exact) mass is 612 g/mol. The lowest BCUT2D eigenvalue weighted by atomic mass is 9.78. The van der Waals surface area contributed by atoms with Crippen LogP contribution in [-0.2, 0) is 10.0 Å². The number of hydrogen-bond acceptors (Lipinski definition) is 7. The van der Waals surface area contributed by atoms with Gasteiger partial charge in [-0.25, -0.2) is 22.3 Å². The highest BCUT2D eigenvalue weighted by molar-refractivity contribution is 7.89. The van der Waals surface area contributed by atoms with E-state index in [4.69, 9.17) is 9.47 Å². The van der Waals surface area contributed by atoms with E-state index in [0.717, 1.165) is 0 Å². The molecule has 3 aromatic carbocycles. The number of β-amino-alcohol motifs (C(OH)–C–C–N with tert-alkyl or cyclic N) is 1. The van der Waals surface area contributed by atoms with E-state index in [0.29, 0.717) is 55.0 Å². The van der Waals surface area contributed by atoms with E-state index in [9.17, 15) is 22.7 Å². The second-order valence-corrected chi connectivity index (χ2v) is 13.0. The van der Waals surface area contributed by atoms with Gasteiger partial charge >= 0.3 is 6.03 Å². The number of nitrogens with one attached hydrogen (secondary N) is 2. The van der Waals surface area contributed by atoms with Gasteiger partial charge in [-0.2, -0.15) is 0 Å². The minimum absolute atomic E-state index is 0.0857. The normalized spacial score (nSPS) is 20.7. The largest absolute Gasteiger partial charge is 0.495 e. The Hall–Kier alpha value is -3.71. The van der Waals surface area contributed by atoms with Gasteiger partial charge in [-0.3, -0.25) is 0 Å². The van der Waals surface area contributed by atoms with Gasteiger partial charge in [-0.05, 0) is 55.8 Å². The summed E-state index contributed by atoms with van der Waals surface area (Å²) < 4.78 is 55.3. The molecule has 43 heavy (non-hydrogen) atoms. The molecule has 2 amide bonds. The number of piperidine rings is 1. The summed E-state index contributed by atoms with van der Waals surface area (Å²) in [6, 6.07) is 17.7. The molecule has 5 rings (SSSR count). The van der Waals surface area contributed by atoms with E-state index in [1.54, 1.807) is 54.5 Å². The summed E-state index contributed by atoms with van der Waals surface area (Å²) in [5.41, 5.74) is 0.936. The van der Waals surface area contributed by atoms with E-state index >= 15 is 0 Å². The predicted molar refractivity (Wildman–Crippen MR) is 161 cm³/mol. The van der Waals surface area contributed by atoms with Crippen LogP contribution in [0.25, 0.3) is 11.1 Å². The molecule has 1 saturated heterocycles. The average Bonchev–Trinajstić information content (AvgIpc) is 2.99. The zero-order valence-corrected chi connectivity index (χ0v) is 25.1. The number of fused-ring (bicyclic) bond motifs is 1. The van der Waals surface area contributed by atoms with E-state index in [-0.39, 0.29) is 36.4 Å². The van der Waals surface area contributed by atoms with Crippen molar-refractivity contribution < 1.29 is 32.2 Å². The highest BCUT2D eigenvalue weighted by atomic mass is 32.2. The quantitative estimate of drug-likeness (QED) is 0.412. The molecule has 1 atom stereocenters. The lowest BCUT2D eigenvalue weighted by Gasteiger charge is -2.44. The summed E-state index contributed by atoms with van der Waals surface area (Å²) in [5.74, 6) is 0.230. The number of hydrogen-bond donors (Lipinski definition) is 3. The van der Waals surface area contributed by atoms with Gasteiger partial charge in [0.1, 0.15) is 22.2 Å². The molecule has 0 radical (unpaired) electrons. The smallest absolute Gasteiger partial charge is 0.321 e. The number of carbonyl (C=O) groups excluding carboxylic acids is 1. The molecular formula is C31H37FN4O6S. The summed E-state index contributed by atoms with van der Waals surface area (Å²) in [6.07, 6.45) is 0.227. The van der Waals surface area contributed by atoms with Gasteiger partial charge in [0.2, 0.25) is 10.0 Å². The number of sulfonamides is 1. The third kappa shape index (κ3) is 7.10. The Balaban J connectivity index is 1.41. The minimum atomic E-state index is -4.05. The zero-order chi connectivity index (χ0) is 30.6. The van der Waals surface area contributed by atoms with Crippen LogP contribution in [0.4, 0.5) is 14.9 Å². The number of nitrogens with zero attached hydrogens (tertiary/aromatic N) is 2. The minimum Gasteiger partial charge on any atom is -0.495 e. The number of anilines is 1. The lowest BCUT2D eigenvalue weighted by molar-refractivity contribution is 0.0256. The summed E-state index contributed by atoms with van der Waals surface area (Å²) in [7, 11) is -0.627. The molecular weight excluding hydrogens is 575 g/mol. The van der Waals surface area contributed by atoms with Crippen LogP contribution in [-0.4, -0.2) is 88.9 Å². The van der Waals surface area contributed by atoms with Crippen molar-refractivity contribution in [3.8, 4) is 22.6 Å². The fraction of sp³-hybridized carbons (Fsp3) is 0.387. The Kier molecular flexibility index (Phi) is 9.21. The number of aliphatic hydroxyl groups is 1. The van der Waals surface area contributed by atoms with Crippen LogP contribution < -0.4 is 19.5 Å². The fourth-order valence-electron chi connectivity index (χ4n) is 5.76. The van der Waals surface area contributed by atoms with Gasteiger partial charge in [0.05, 0.1) is 25.5 Å². The van der Waals surface area contributed by atoms with E-state index in [2.05, 4.69) is 10.0 Å². The molecule has 2 heterocycles. The molecule has 230 valence electrons.